The number of benzene rings is 3. The fraction of sp³-hybridized carbons (Fsp3) is 0. The number of rotatable bonds is 2. The van der Waals surface area contributed by atoms with Crippen molar-refractivity contribution in [2.75, 3.05) is 0 Å². The molecular formula is C17H9BrFNO. The predicted molar refractivity (Wildman–Crippen MR) is 82.8 cm³/mol. The van der Waals surface area contributed by atoms with E-state index in [0.29, 0.717) is 15.8 Å². The topological polar surface area (TPSA) is 33.0 Å². The van der Waals surface area contributed by atoms with Crippen LogP contribution in [0.15, 0.2) is 59.1 Å². The van der Waals surface area contributed by atoms with E-state index >= 15 is 0 Å². The first kappa shape index (κ1) is 13.6. The van der Waals surface area contributed by atoms with Crippen molar-refractivity contribution in [2.24, 2.45) is 0 Å². The normalized spacial score (nSPS) is 10.3. The van der Waals surface area contributed by atoms with Crippen molar-refractivity contribution >= 4 is 26.7 Å². The highest BCUT2D eigenvalue weighted by Crippen LogP contribution is 2.33. The summed E-state index contributed by atoms with van der Waals surface area (Å²) < 4.78 is 20.2. The number of fused-ring (bicyclic) bond motifs is 1. The lowest BCUT2D eigenvalue weighted by Crippen LogP contribution is -1.90. The quantitative estimate of drug-likeness (QED) is 0.624. The van der Waals surface area contributed by atoms with Gasteiger partial charge < -0.3 is 4.74 Å². The van der Waals surface area contributed by atoms with Crippen molar-refractivity contribution in [1.29, 1.82) is 5.26 Å². The van der Waals surface area contributed by atoms with Gasteiger partial charge in [-0.15, -0.1) is 0 Å². The van der Waals surface area contributed by atoms with Gasteiger partial charge in [-0.1, -0.05) is 40.2 Å². The molecule has 0 aliphatic rings. The van der Waals surface area contributed by atoms with Crippen LogP contribution in [0.25, 0.3) is 10.8 Å². The van der Waals surface area contributed by atoms with E-state index in [2.05, 4.69) is 22.0 Å². The van der Waals surface area contributed by atoms with Crippen LogP contribution in [0.5, 0.6) is 11.5 Å². The molecule has 2 nitrogen and oxygen atoms in total. The summed E-state index contributed by atoms with van der Waals surface area (Å²) in [5.74, 6) is 0.219. The zero-order valence-corrected chi connectivity index (χ0v) is 12.4. The zero-order valence-electron chi connectivity index (χ0n) is 10.8. The van der Waals surface area contributed by atoms with Gasteiger partial charge in [-0.25, -0.2) is 4.39 Å². The minimum absolute atomic E-state index is 0.146. The van der Waals surface area contributed by atoms with Crippen LogP contribution in [0, 0.1) is 17.1 Å². The molecule has 4 heteroatoms. The van der Waals surface area contributed by atoms with Gasteiger partial charge in [0.05, 0.1) is 11.6 Å². The Morgan fingerprint density at radius 2 is 1.67 bits per heavy atom. The molecule has 3 aromatic rings. The SMILES string of the molecule is N#Cc1ccc(Oc2ccc(Br)cc2F)c2ccccc12. The van der Waals surface area contributed by atoms with Gasteiger partial charge in [0.25, 0.3) is 0 Å². The molecule has 102 valence electrons. The molecule has 0 bridgehead atoms. The van der Waals surface area contributed by atoms with Gasteiger partial charge in [0.1, 0.15) is 5.75 Å². The molecule has 0 N–H and O–H groups in total. The van der Waals surface area contributed by atoms with Crippen molar-refractivity contribution in [3.63, 3.8) is 0 Å². The van der Waals surface area contributed by atoms with Gasteiger partial charge in [-0.05, 0) is 30.3 Å². The second-order valence-electron chi connectivity index (χ2n) is 4.45. The molecule has 0 aliphatic heterocycles. The van der Waals surface area contributed by atoms with Crippen LogP contribution in [0.3, 0.4) is 0 Å². The van der Waals surface area contributed by atoms with Gasteiger partial charge in [0.15, 0.2) is 11.6 Å². The molecule has 0 amide bonds. The van der Waals surface area contributed by atoms with Crippen molar-refractivity contribution in [3.8, 4) is 17.6 Å². The Kier molecular flexibility index (Phi) is 3.59. The van der Waals surface area contributed by atoms with Crippen molar-refractivity contribution in [3.05, 3.63) is 70.5 Å². The fourth-order valence-electron chi connectivity index (χ4n) is 2.13. The maximum absolute atomic E-state index is 13.9. The Labute approximate surface area is 129 Å². The Morgan fingerprint density at radius 3 is 2.38 bits per heavy atom. The van der Waals surface area contributed by atoms with E-state index < -0.39 is 5.82 Å². The van der Waals surface area contributed by atoms with Gasteiger partial charge >= 0.3 is 0 Å². The number of nitriles is 1. The van der Waals surface area contributed by atoms with Gasteiger partial charge in [0, 0.05) is 15.2 Å². The second-order valence-corrected chi connectivity index (χ2v) is 5.36. The molecule has 0 saturated heterocycles. The molecular weight excluding hydrogens is 333 g/mol. The molecule has 0 heterocycles. The van der Waals surface area contributed by atoms with Crippen molar-refractivity contribution < 1.29 is 9.13 Å². The van der Waals surface area contributed by atoms with Crippen LogP contribution in [-0.2, 0) is 0 Å². The van der Waals surface area contributed by atoms with Crippen molar-refractivity contribution in [2.45, 2.75) is 0 Å². The summed E-state index contributed by atoms with van der Waals surface area (Å²) in [4.78, 5) is 0. The predicted octanol–water partition coefficient (Wildman–Crippen LogP) is 5.41. The molecule has 0 fully saturated rings. The number of ether oxygens (including phenoxy) is 1. The highest BCUT2D eigenvalue weighted by molar-refractivity contribution is 9.10. The lowest BCUT2D eigenvalue weighted by molar-refractivity contribution is 0.446. The summed E-state index contributed by atoms with van der Waals surface area (Å²) >= 11 is 3.21. The Morgan fingerprint density at radius 1 is 0.952 bits per heavy atom. The summed E-state index contributed by atoms with van der Waals surface area (Å²) in [6.45, 7) is 0. The van der Waals surface area contributed by atoms with E-state index in [-0.39, 0.29) is 5.75 Å². The summed E-state index contributed by atoms with van der Waals surface area (Å²) in [7, 11) is 0. The van der Waals surface area contributed by atoms with Gasteiger partial charge in [0.2, 0.25) is 0 Å². The Bertz CT molecular complexity index is 870. The molecule has 0 unspecified atom stereocenters. The van der Waals surface area contributed by atoms with Crippen LogP contribution in [0.1, 0.15) is 5.56 Å². The molecule has 3 rings (SSSR count). The maximum atomic E-state index is 13.9. The number of halogens is 2. The Hall–Kier alpha value is -2.38. The summed E-state index contributed by atoms with van der Waals surface area (Å²) in [5.41, 5.74) is 0.564. The second kappa shape index (κ2) is 5.55. The first-order chi connectivity index (χ1) is 10.2. The molecule has 21 heavy (non-hydrogen) atoms. The molecule has 0 aromatic heterocycles. The first-order valence-electron chi connectivity index (χ1n) is 6.24. The van der Waals surface area contributed by atoms with Gasteiger partial charge in [-0.2, -0.15) is 5.26 Å². The van der Waals surface area contributed by atoms with E-state index in [0.717, 1.165) is 10.8 Å². The molecule has 3 aromatic carbocycles. The third kappa shape index (κ3) is 2.61. The third-order valence-corrected chi connectivity index (χ3v) is 3.61. The van der Waals surface area contributed by atoms with Crippen LogP contribution in [0.4, 0.5) is 4.39 Å². The van der Waals surface area contributed by atoms with E-state index in [9.17, 15) is 4.39 Å². The fourth-order valence-corrected chi connectivity index (χ4v) is 2.47. The molecule has 0 aliphatic carbocycles. The Balaban J connectivity index is 2.12. The minimum Gasteiger partial charge on any atom is -0.454 e. The maximum Gasteiger partial charge on any atom is 0.166 e. The van der Waals surface area contributed by atoms with Crippen LogP contribution in [0.2, 0.25) is 0 Å². The monoisotopic (exact) mass is 341 g/mol. The average Bonchev–Trinajstić information content (AvgIpc) is 2.50. The lowest BCUT2D eigenvalue weighted by atomic mass is 10.0. The molecule has 0 saturated carbocycles. The minimum atomic E-state index is -0.446. The summed E-state index contributed by atoms with van der Waals surface area (Å²) in [5, 5.41) is 10.7. The number of hydrogen-bond acceptors (Lipinski definition) is 2. The molecule has 0 spiro atoms. The summed E-state index contributed by atoms with van der Waals surface area (Å²) in [6, 6.07) is 17.5. The third-order valence-electron chi connectivity index (χ3n) is 3.12. The first-order valence-corrected chi connectivity index (χ1v) is 7.03. The highest BCUT2D eigenvalue weighted by atomic mass is 79.9. The standard InChI is InChI=1S/C17H9BrFNO/c18-12-6-8-17(15(19)9-12)21-16-7-5-11(10-20)13-3-1-2-4-14(13)16/h1-9H. The number of nitrogens with zero attached hydrogens (tertiary/aromatic N) is 1. The molecule has 0 radical (unpaired) electrons. The van der Waals surface area contributed by atoms with Crippen molar-refractivity contribution in [1.82, 2.24) is 0 Å². The van der Waals surface area contributed by atoms with E-state index in [1.165, 1.54) is 6.07 Å². The van der Waals surface area contributed by atoms with Gasteiger partial charge in [-0.3, -0.25) is 0 Å². The highest BCUT2D eigenvalue weighted by Gasteiger charge is 2.10. The van der Waals surface area contributed by atoms with E-state index in [1.54, 1.807) is 24.3 Å². The summed E-state index contributed by atoms with van der Waals surface area (Å²) in [6.07, 6.45) is 0. The van der Waals surface area contributed by atoms with Crippen LogP contribution >= 0.6 is 15.9 Å². The number of hydrogen-bond donors (Lipinski definition) is 0. The zero-order chi connectivity index (χ0) is 14.8. The van der Waals surface area contributed by atoms with E-state index in [1.807, 2.05) is 24.3 Å². The smallest absolute Gasteiger partial charge is 0.166 e. The van der Waals surface area contributed by atoms with Crippen LogP contribution < -0.4 is 4.74 Å². The average molecular weight is 342 g/mol. The van der Waals surface area contributed by atoms with Crippen LogP contribution in [-0.4, -0.2) is 0 Å². The molecule has 0 atom stereocenters. The lowest BCUT2D eigenvalue weighted by Gasteiger charge is -2.10. The largest absolute Gasteiger partial charge is 0.454 e. The van der Waals surface area contributed by atoms with E-state index in [4.69, 9.17) is 10.00 Å².